The van der Waals surface area contributed by atoms with Gasteiger partial charge in [-0.15, -0.1) is 0 Å². The zero-order valence-electron chi connectivity index (χ0n) is 15.1. The van der Waals surface area contributed by atoms with Crippen molar-refractivity contribution in [1.82, 2.24) is 9.88 Å². The van der Waals surface area contributed by atoms with Gasteiger partial charge in [0.1, 0.15) is 5.52 Å². The van der Waals surface area contributed by atoms with E-state index >= 15 is 0 Å². The zero-order chi connectivity index (χ0) is 20.4. The SMILES string of the molecule is O=C(c1ccccc1Cl)N(Cc1cccc(Cl)c1)Cc1nc2cc(Cl)ccc2o1. The Labute approximate surface area is 182 Å². The van der Waals surface area contributed by atoms with Gasteiger partial charge in [0.25, 0.3) is 5.91 Å². The molecule has 0 bridgehead atoms. The van der Waals surface area contributed by atoms with Crippen molar-refractivity contribution in [1.29, 1.82) is 0 Å². The molecule has 0 saturated heterocycles. The molecule has 0 aliphatic rings. The van der Waals surface area contributed by atoms with Crippen LogP contribution in [0.25, 0.3) is 11.1 Å². The van der Waals surface area contributed by atoms with Crippen LogP contribution in [-0.2, 0) is 13.1 Å². The van der Waals surface area contributed by atoms with Gasteiger partial charge in [0.15, 0.2) is 5.58 Å². The highest BCUT2D eigenvalue weighted by Crippen LogP contribution is 2.24. The number of rotatable bonds is 5. The monoisotopic (exact) mass is 444 g/mol. The number of nitrogens with zero attached hydrogens (tertiary/aromatic N) is 2. The van der Waals surface area contributed by atoms with Gasteiger partial charge in [0.2, 0.25) is 5.89 Å². The maximum Gasteiger partial charge on any atom is 0.256 e. The van der Waals surface area contributed by atoms with Gasteiger partial charge >= 0.3 is 0 Å². The molecule has 4 aromatic rings. The Kier molecular flexibility index (Phi) is 5.76. The van der Waals surface area contributed by atoms with Gasteiger partial charge in [0.05, 0.1) is 17.1 Å². The summed E-state index contributed by atoms with van der Waals surface area (Å²) in [5, 5.41) is 1.56. The van der Waals surface area contributed by atoms with Crippen LogP contribution >= 0.6 is 34.8 Å². The molecule has 146 valence electrons. The smallest absolute Gasteiger partial charge is 0.256 e. The van der Waals surface area contributed by atoms with Crippen molar-refractivity contribution in [3.63, 3.8) is 0 Å². The number of amides is 1. The minimum atomic E-state index is -0.226. The summed E-state index contributed by atoms with van der Waals surface area (Å²) in [7, 11) is 0. The molecular formula is C22H15Cl3N2O2. The summed E-state index contributed by atoms with van der Waals surface area (Å²) >= 11 is 18.4. The van der Waals surface area contributed by atoms with Crippen LogP contribution in [0.5, 0.6) is 0 Å². The summed E-state index contributed by atoms with van der Waals surface area (Å²) in [6, 6.07) is 19.5. The highest BCUT2D eigenvalue weighted by atomic mass is 35.5. The number of benzene rings is 3. The van der Waals surface area contributed by atoms with Gasteiger partial charge in [-0.1, -0.05) is 59.1 Å². The van der Waals surface area contributed by atoms with Crippen LogP contribution in [0.15, 0.2) is 71.1 Å². The molecule has 4 nitrogen and oxygen atoms in total. The minimum Gasteiger partial charge on any atom is -0.439 e. The van der Waals surface area contributed by atoms with E-state index in [2.05, 4.69) is 4.98 Å². The van der Waals surface area contributed by atoms with E-state index in [4.69, 9.17) is 39.2 Å². The fraction of sp³-hybridized carbons (Fsp3) is 0.0909. The molecule has 1 amide bonds. The summed E-state index contributed by atoms with van der Waals surface area (Å²) in [6.45, 7) is 0.493. The van der Waals surface area contributed by atoms with Gasteiger partial charge in [-0.3, -0.25) is 4.79 Å². The highest BCUT2D eigenvalue weighted by molar-refractivity contribution is 6.33. The summed E-state index contributed by atoms with van der Waals surface area (Å²) in [5.74, 6) is 0.181. The number of carbonyl (C=O) groups is 1. The predicted molar refractivity (Wildman–Crippen MR) is 116 cm³/mol. The molecule has 1 heterocycles. The summed E-state index contributed by atoms with van der Waals surface area (Å²) in [5.41, 5.74) is 2.55. The van der Waals surface area contributed by atoms with E-state index in [0.717, 1.165) is 5.56 Å². The van der Waals surface area contributed by atoms with Crippen molar-refractivity contribution in [2.24, 2.45) is 0 Å². The molecule has 3 aromatic carbocycles. The number of fused-ring (bicyclic) bond motifs is 1. The molecule has 0 spiro atoms. The van der Waals surface area contributed by atoms with Gasteiger partial charge in [-0.05, 0) is 48.0 Å². The van der Waals surface area contributed by atoms with E-state index in [1.165, 1.54) is 0 Å². The number of hydrogen-bond donors (Lipinski definition) is 0. The minimum absolute atomic E-state index is 0.170. The topological polar surface area (TPSA) is 46.3 Å². The first kappa shape index (κ1) is 19.8. The average molecular weight is 446 g/mol. The summed E-state index contributed by atoms with van der Waals surface area (Å²) in [6.07, 6.45) is 0. The summed E-state index contributed by atoms with van der Waals surface area (Å²) in [4.78, 5) is 19.3. The molecule has 0 aliphatic carbocycles. The van der Waals surface area contributed by atoms with Crippen LogP contribution in [-0.4, -0.2) is 15.8 Å². The standard InChI is InChI=1S/C22H15Cl3N2O2/c23-15-5-3-4-14(10-15)12-27(22(28)17-6-1-2-7-18(17)25)13-21-26-19-11-16(24)8-9-20(19)29-21/h1-11H,12-13H2. The molecule has 0 atom stereocenters. The molecule has 0 saturated carbocycles. The van der Waals surface area contributed by atoms with Crippen LogP contribution in [0.3, 0.4) is 0 Å². The molecule has 29 heavy (non-hydrogen) atoms. The Bertz CT molecular complexity index is 1190. The molecule has 0 aliphatic heterocycles. The Morgan fingerprint density at radius 3 is 2.48 bits per heavy atom. The van der Waals surface area contributed by atoms with E-state index < -0.39 is 0 Å². The third-order valence-electron chi connectivity index (χ3n) is 4.37. The second-order valence-corrected chi connectivity index (χ2v) is 7.77. The first-order valence-corrected chi connectivity index (χ1v) is 9.96. The Morgan fingerprint density at radius 2 is 1.69 bits per heavy atom. The largest absolute Gasteiger partial charge is 0.439 e. The quantitative estimate of drug-likeness (QED) is 0.346. The number of halogens is 3. The normalized spacial score (nSPS) is 11.0. The Balaban J connectivity index is 1.68. The van der Waals surface area contributed by atoms with Crippen molar-refractivity contribution in [3.05, 3.63) is 98.8 Å². The molecule has 1 aromatic heterocycles. The first-order valence-electron chi connectivity index (χ1n) is 8.83. The number of carbonyl (C=O) groups excluding carboxylic acids is 1. The van der Waals surface area contributed by atoms with Crippen molar-refractivity contribution in [2.75, 3.05) is 0 Å². The molecule has 0 fully saturated rings. The van der Waals surface area contributed by atoms with Gasteiger partial charge in [-0.25, -0.2) is 4.98 Å². The Hall–Kier alpha value is -2.53. The van der Waals surface area contributed by atoms with Crippen molar-refractivity contribution in [2.45, 2.75) is 13.1 Å². The molecule has 0 unspecified atom stereocenters. The third kappa shape index (κ3) is 4.56. The molecule has 7 heteroatoms. The average Bonchev–Trinajstić information content (AvgIpc) is 3.09. The van der Waals surface area contributed by atoms with E-state index in [1.54, 1.807) is 53.4 Å². The van der Waals surface area contributed by atoms with Crippen LogP contribution in [0.4, 0.5) is 0 Å². The Morgan fingerprint density at radius 1 is 0.897 bits per heavy atom. The van der Waals surface area contributed by atoms with Gasteiger partial charge < -0.3 is 9.32 Å². The third-order valence-corrected chi connectivity index (χ3v) is 5.17. The second-order valence-electron chi connectivity index (χ2n) is 6.49. The number of aromatic nitrogens is 1. The van der Waals surface area contributed by atoms with Crippen LogP contribution < -0.4 is 0 Å². The molecule has 4 rings (SSSR count). The molecule has 0 radical (unpaired) electrons. The van der Waals surface area contributed by atoms with Crippen molar-refractivity contribution in [3.8, 4) is 0 Å². The van der Waals surface area contributed by atoms with Gasteiger partial charge in [-0.2, -0.15) is 0 Å². The maximum absolute atomic E-state index is 13.2. The van der Waals surface area contributed by atoms with E-state index in [9.17, 15) is 4.79 Å². The van der Waals surface area contributed by atoms with Crippen LogP contribution in [0.1, 0.15) is 21.8 Å². The fourth-order valence-electron chi connectivity index (χ4n) is 3.04. The fourth-order valence-corrected chi connectivity index (χ4v) is 3.64. The van der Waals surface area contributed by atoms with Crippen molar-refractivity contribution < 1.29 is 9.21 Å². The number of hydrogen-bond acceptors (Lipinski definition) is 3. The lowest BCUT2D eigenvalue weighted by atomic mass is 10.1. The van der Waals surface area contributed by atoms with E-state index in [-0.39, 0.29) is 12.5 Å². The second kappa shape index (κ2) is 8.46. The zero-order valence-corrected chi connectivity index (χ0v) is 17.4. The van der Waals surface area contributed by atoms with Crippen LogP contribution in [0.2, 0.25) is 15.1 Å². The lowest BCUT2D eigenvalue weighted by molar-refractivity contribution is 0.0715. The lowest BCUT2D eigenvalue weighted by Gasteiger charge is -2.22. The van der Waals surface area contributed by atoms with Crippen LogP contribution in [0, 0.1) is 0 Å². The van der Waals surface area contributed by atoms with Gasteiger partial charge in [0, 0.05) is 16.6 Å². The maximum atomic E-state index is 13.2. The number of oxazole rings is 1. The lowest BCUT2D eigenvalue weighted by Crippen LogP contribution is -2.30. The predicted octanol–water partition coefficient (Wildman–Crippen LogP) is 6.63. The van der Waals surface area contributed by atoms with E-state index in [0.29, 0.717) is 44.2 Å². The molecular weight excluding hydrogens is 431 g/mol. The summed E-state index contributed by atoms with van der Waals surface area (Å²) < 4.78 is 5.81. The highest BCUT2D eigenvalue weighted by Gasteiger charge is 2.21. The van der Waals surface area contributed by atoms with E-state index in [1.807, 2.05) is 18.2 Å². The molecule has 0 N–H and O–H groups in total. The van der Waals surface area contributed by atoms with Crippen molar-refractivity contribution >= 4 is 51.8 Å². The first-order chi connectivity index (χ1) is 14.0.